The topological polar surface area (TPSA) is 108 Å². The predicted octanol–water partition coefficient (Wildman–Crippen LogP) is 3.22. The van der Waals surface area contributed by atoms with Crippen molar-refractivity contribution < 1.29 is 24.2 Å². The lowest BCUT2D eigenvalue weighted by Gasteiger charge is -2.39. The number of benzene rings is 1. The van der Waals surface area contributed by atoms with Crippen LogP contribution in [0.15, 0.2) is 24.3 Å². The highest BCUT2D eigenvalue weighted by atomic mass is 35.5. The van der Waals surface area contributed by atoms with Gasteiger partial charge in [0.05, 0.1) is 40.8 Å². The molecule has 3 aliphatic rings. The van der Waals surface area contributed by atoms with Gasteiger partial charge in [-0.15, -0.1) is 0 Å². The maximum absolute atomic E-state index is 14.2. The number of nitrogens with zero attached hydrogens (tertiary/aromatic N) is 1. The highest BCUT2D eigenvalue weighted by Gasteiger charge is 2.80. The molecule has 1 aromatic carbocycles. The van der Waals surface area contributed by atoms with Gasteiger partial charge in [-0.1, -0.05) is 57.8 Å². The summed E-state index contributed by atoms with van der Waals surface area (Å²) in [6.45, 7) is 10.0. The fourth-order valence-corrected chi connectivity index (χ4v) is 6.85. The van der Waals surface area contributed by atoms with Crippen LogP contribution in [0.3, 0.4) is 0 Å². The predicted molar refractivity (Wildman–Crippen MR) is 137 cm³/mol. The lowest BCUT2D eigenvalue weighted by atomic mass is 9.62. The van der Waals surface area contributed by atoms with Crippen LogP contribution in [0.4, 0.5) is 5.69 Å². The number of aliphatic hydroxyl groups excluding tert-OH is 1. The van der Waals surface area contributed by atoms with Crippen LogP contribution in [0.2, 0.25) is 5.02 Å². The molecule has 1 spiro atoms. The number of anilines is 1. The van der Waals surface area contributed by atoms with Crippen LogP contribution in [0.5, 0.6) is 0 Å². The molecule has 8 atom stereocenters. The molecule has 1 aromatic rings. The number of rotatable bonds is 9. The summed E-state index contributed by atoms with van der Waals surface area (Å²) in [6, 6.07) is 5.32. The van der Waals surface area contributed by atoms with Crippen LogP contribution >= 0.6 is 11.6 Å². The van der Waals surface area contributed by atoms with Crippen molar-refractivity contribution in [2.24, 2.45) is 23.7 Å². The van der Waals surface area contributed by atoms with E-state index in [9.17, 15) is 19.5 Å². The number of halogens is 1. The molecule has 4 rings (SSSR count). The summed E-state index contributed by atoms with van der Waals surface area (Å²) in [7, 11) is 0. The number of para-hydroxylation sites is 1. The SMILES string of the molecule is CCCNC(=O)[C@@H]1[C@H]2C(=O)N([C@@H](CO)[C@@H](C)CC)C(C(=O)Nc3ccccc3Cl)C23CC(C)[C@@]1(C)O3. The first-order valence-electron chi connectivity index (χ1n) is 13.0. The third kappa shape index (κ3) is 3.92. The van der Waals surface area contributed by atoms with Gasteiger partial charge in [-0.25, -0.2) is 0 Å². The van der Waals surface area contributed by atoms with Gasteiger partial charge in [-0.2, -0.15) is 0 Å². The summed E-state index contributed by atoms with van der Waals surface area (Å²) in [4.78, 5) is 43.2. The second-order valence-corrected chi connectivity index (χ2v) is 11.3. The standard InChI is InChI=1S/C27H38ClN3O5/c1-6-12-29-23(33)20-21-25(35)31(19(14-32)15(3)7-2)22(27(21)13-16(4)26(20,5)36-27)24(34)30-18-11-9-8-10-17(18)28/h8-11,15-16,19-22,32H,6-7,12-14H2,1-5H3,(H,29,33)(H,30,34)/t15-,16?,19-,20-,21-,22?,26+,27?/m0/s1. The van der Waals surface area contributed by atoms with Crippen LogP contribution in [-0.2, 0) is 19.1 Å². The Morgan fingerprint density at radius 3 is 2.58 bits per heavy atom. The quantitative estimate of drug-likeness (QED) is 0.464. The lowest BCUT2D eigenvalue weighted by Crippen LogP contribution is -2.57. The summed E-state index contributed by atoms with van der Waals surface area (Å²) < 4.78 is 6.71. The first-order chi connectivity index (χ1) is 17.1. The molecular formula is C27H38ClN3O5. The van der Waals surface area contributed by atoms with E-state index in [1.165, 1.54) is 4.90 Å². The molecule has 3 saturated heterocycles. The van der Waals surface area contributed by atoms with E-state index in [1.54, 1.807) is 24.3 Å². The highest BCUT2D eigenvalue weighted by molar-refractivity contribution is 6.33. The lowest BCUT2D eigenvalue weighted by molar-refractivity contribution is -0.150. The molecule has 3 heterocycles. The van der Waals surface area contributed by atoms with Crippen LogP contribution in [-0.4, -0.2) is 64.2 Å². The van der Waals surface area contributed by atoms with Gasteiger partial charge in [0.2, 0.25) is 17.7 Å². The molecule has 3 N–H and O–H groups in total. The molecule has 9 heteroatoms. The maximum atomic E-state index is 14.2. The Hall–Kier alpha value is -2.16. The van der Waals surface area contributed by atoms with Crippen molar-refractivity contribution in [1.29, 1.82) is 0 Å². The van der Waals surface area contributed by atoms with Crippen LogP contribution < -0.4 is 10.6 Å². The van der Waals surface area contributed by atoms with Crippen molar-refractivity contribution in [3.05, 3.63) is 29.3 Å². The Labute approximate surface area is 218 Å². The van der Waals surface area contributed by atoms with Crippen molar-refractivity contribution >= 4 is 35.0 Å². The summed E-state index contributed by atoms with van der Waals surface area (Å²) >= 11 is 6.33. The van der Waals surface area contributed by atoms with E-state index >= 15 is 0 Å². The Kier molecular flexibility index (Phi) is 7.43. The van der Waals surface area contributed by atoms with E-state index in [2.05, 4.69) is 10.6 Å². The van der Waals surface area contributed by atoms with Gasteiger partial charge < -0.3 is 25.4 Å². The van der Waals surface area contributed by atoms with Gasteiger partial charge in [0.1, 0.15) is 11.6 Å². The van der Waals surface area contributed by atoms with Gasteiger partial charge in [0, 0.05) is 6.54 Å². The van der Waals surface area contributed by atoms with Gasteiger partial charge in [-0.05, 0) is 43.7 Å². The summed E-state index contributed by atoms with van der Waals surface area (Å²) in [5, 5.41) is 16.6. The number of likely N-dealkylation sites (tertiary alicyclic amines) is 1. The minimum Gasteiger partial charge on any atom is -0.394 e. The number of fused-ring (bicyclic) bond motifs is 1. The van der Waals surface area contributed by atoms with Crippen molar-refractivity contribution in [1.82, 2.24) is 10.2 Å². The smallest absolute Gasteiger partial charge is 0.250 e. The molecule has 0 saturated carbocycles. The van der Waals surface area contributed by atoms with E-state index in [4.69, 9.17) is 16.3 Å². The van der Waals surface area contributed by atoms with Gasteiger partial charge >= 0.3 is 0 Å². The van der Waals surface area contributed by atoms with E-state index in [1.807, 2.05) is 34.6 Å². The summed E-state index contributed by atoms with van der Waals surface area (Å²) in [5.41, 5.74) is -1.62. The normalized spacial score (nSPS) is 34.4. The third-order valence-electron chi connectivity index (χ3n) is 8.81. The zero-order valence-electron chi connectivity index (χ0n) is 21.7. The molecule has 3 unspecified atom stereocenters. The van der Waals surface area contributed by atoms with E-state index in [0.29, 0.717) is 30.1 Å². The van der Waals surface area contributed by atoms with Crippen molar-refractivity contribution in [2.75, 3.05) is 18.5 Å². The van der Waals surface area contributed by atoms with E-state index < -0.39 is 41.0 Å². The molecule has 8 nitrogen and oxygen atoms in total. The monoisotopic (exact) mass is 519 g/mol. The number of hydrogen-bond donors (Lipinski definition) is 3. The summed E-state index contributed by atoms with van der Waals surface area (Å²) in [6.07, 6.45) is 1.94. The second-order valence-electron chi connectivity index (χ2n) is 10.8. The molecule has 2 bridgehead atoms. The number of amides is 3. The molecule has 36 heavy (non-hydrogen) atoms. The Morgan fingerprint density at radius 1 is 1.28 bits per heavy atom. The number of hydrogen-bond acceptors (Lipinski definition) is 5. The van der Waals surface area contributed by atoms with Crippen LogP contribution in [0.1, 0.15) is 53.9 Å². The zero-order chi connectivity index (χ0) is 26.4. The minimum absolute atomic E-state index is 0.0503. The largest absolute Gasteiger partial charge is 0.394 e. The van der Waals surface area contributed by atoms with Crippen molar-refractivity contribution in [3.8, 4) is 0 Å². The molecule has 0 radical (unpaired) electrons. The number of nitrogens with one attached hydrogen (secondary N) is 2. The molecule has 0 aliphatic carbocycles. The number of aliphatic hydroxyl groups is 1. The Morgan fingerprint density at radius 2 is 1.97 bits per heavy atom. The molecule has 0 aromatic heterocycles. The van der Waals surface area contributed by atoms with Gasteiger partial charge in [0.15, 0.2) is 0 Å². The average molecular weight is 520 g/mol. The molecule has 198 valence electrons. The fraction of sp³-hybridized carbons (Fsp3) is 0.667. The molecule has 3 aliphatic heterocycles. The molecular weight excluding hydrogens is 482 g/mol. The molecule has 3 amide bonds. The fourth-order valence-electron chi connectivity index (χ4n) is 6.67. The maximum Gasteiger partial charge on any atom is 0.250 e. The number of carbonyl (C=O) groups is 3. The Bertz CT molecular complexity index is 1040. The third-order valence-corrected chi connectivity index (χ3v) is 9.14. The first kappa shape index (κ1) is 26.9. The number of ether oxygens (including phenoxy) is 1. The van der Waals surface area contributed by atoms with Gasteiger partial charge in [-0.3, -0.25) is 14.4 Å². The first-order valence-corrected chi connectivity index (χ1v) is 13.4. The minimum atomic E-state index is -1.17. The van der Waals surface area contributed by atoms with Crippen LogP contribution in [0.25, 0.3) is 0 Å². The Balaban J connectivity index is 1.82. The number of carbonyl (C=O) groups excluding carboxylic acids is 3. The molecule has 3 fully saturated rings. The van der Waals surface area contributed by atoms with Gasteiger partial charge in [0.25, 0.3) is 0 Å². The van der Waals surface area contributed by atoms with E-state index in [-0.39, 0.29) is 30.3 Å². The van der Waals surface area contributed by atoms with Crippen LogP contribution in [0, 0.1) is 23.7 Å². The van der Waals surface area contributed by atoms with E-state index in [0.717, 1.165) is 6.42 Å². The average Bonchev–Trinajstić information content (AvgIpc) is 3.36. The highest BCUT2D eigenvalue weighted by Crippen LogP contribution is 2.65. The second kappa shape index (κ2) is 9.95. The zero-order valence-corrected chi connectivity index (χ0v) is 22.5. The van der Waals surface area contributed by atoms with Crippen molar-refractivity contribution in [3.63, 3.8) is 0 Å². The summed E-state index contributed by atoms with van der Waals surface area (Å²) in [5.74, 6) is -2.60. The van der Waals surface area contributed by atoms with Crippen molar-refractivity contribution in [2.45, 2.75) is 77.2 Å².